The van der Waals surface area contributed by atoms with Crippen molar-refractivity contribution >= 4 is 0 Å². The number of hydrogen-bond acceptors (Lipinski definition) is 2. The third-order valence-corrected chi connectivity index (χ3v) is 1.90. The quantitative estimate of drug-likeness (QED) is 0.595. The molecule has 0 heterocycles. The maximum absolute atomic E-state index is 5.47. The van der Waals surface area contributed by atoms with Gasteiger partial charge in [0.05, 0.1) is 6.61 Å². The van der Waals surface area contributed by atoms with Crippen LogP contribution in [0.1, 0.15) is 34.1 Å². The van der Waals surface area contributed by atoms with Gasteiger partial charge in [-0.3, -0.25) is 0 Å². The van der Waals surface area contributed by atoms with Crippen LogP contribution in [0.25, 0.3) is 0 Å². The van der Waals surface area contributed by atoms with Crippen LogP contribution in [-0.2, 0) is 4.74 Å². The Morgan fingerprint density at radius 3 is 2.42 bits per heavy atom. The average molecular weight is 173 g/mol. The zero-order valence-electron chi connectivity index (χ0n) is 8.89. The van der Waals surface area contributed by atoms with Crippen molar-refractivity contribution in [1.29, 1.82) is 0 Å². The molecule has 0 fully saturated rings. The van der Waals surface area contributed by atoms with Gasteiger partial charge in [0.2, 0.25) is 0 Å². The van der Waals surface area contributed by atoms with Gasteiger partial charge in [0, 0.05) is 19.2 Å². The summed E-state index contributed by atoms with van der Waals surface area (Å²) >= 11 is 0. The standard InChI is InChI=1S/C10H23NO/c1-5-10(4)8-12-7-6-11-9(2)3/h9-11H,5-8H2,1-4H3. The average Bonchev–Trinajstić information content (AvgIpc) is 2.03. The van der Waals surface area contributed by atoms with Crippen molar-refractivity contribution in [3.05, 3.63) is 0 Å². The third kappa shape index (κ3) is 8.02. The number of hydrogen-bond donors (Lipinski definition) is 1. The Morgan fingerprint density at radius 1 is 1.25 bits per heavy atom. The second kappa shape index (κ2) is 7.56. The predicted octanol–water partition coefficient (Wildman–Crippen LogP) is 2.05. The molecule has 0 aliphatic heterocycles. The predicted molar refractivity (Wildman–Crippen MR) is 53.4 cm³/mol. The van der Waals surface area contributed by atoms with Gasteiger partial charge in [-0.05, 0) is 5.92 Å². The zero-order valence-corrected chi connectivity index (χ0v) is 8.89. The Bertz CT molecular complexity index is 93.8. The van der Waals surface area contributed by atoms with Crippen molar-refractivity contribution in [2.45, 2.75) is 40.2 Å². The summed E-state index contributed by atoms with van der Waals surface area (Å²) in [6.07, 6.45) is 1.21. The van der Waals surface area contributed by atoms with Crippen molar-refractivity contribution in [2.24, 2.45) is 5.92 Å². The van der Waals surface area contributed by atoms with Crippen LogP contribution in [0.2, 0.25) is 0 Å². The van der Waals surface area contributed by atoms with Crippen LogP contribution in [-0.4, -0.2) is 25.8 Å². The van der Waals surface area contributed by atoms with E-state index in [-0.39, 0.29) is 0 Å². The topological polar surface area (TPSA) is 21.3 Å². The molecule has 0 saturated heterocycles. The molecule has 0 radical (unpaired) electrons. The first-order valence-corrected chi connectivity index (χ1v) is 4.98. The van der Waals surface area contributed by atoms with Gasteiger partial charge in [-0.25, -0.2) is 0 Å². The van der Waals surface area contributed by atoms with E-state index >= 15 is 0 Å². The van der Waals surface area contributed by atoms with Crippen molar-refractivity contribution in [1.82, 2.24) is 5.32 Å². The molecular weight excluding hydrogens is 150 g/mol. The largest absolute Gasteiger partial charge is 0.380 e. The molecule has 0 amide bonds. The lowest BCUT2D eigenvalue weighted by Gasteiger charge is -2.11. The SMILES string of the molecule is CCC(C)COCCNC(C)C. The van der Waals surface area contributed by atoms with Crippen LogP contribution in [0.3, 0.4) is 0 Å². The van der Waals surface area contributed by atoms with Crippen molar-refractivity contribution < 1.29 is 4.74 Å². The molecule has 1 N–H and O–H groups in total. The van der Waals surface area contributed by atoms with E-state index in [1.807, 2.05) is 0 Å². The summed E-state index contributed by atoms with van der Waals surface area (Å²) in [7, 11) is 0. The van der Waals surface area contributed by atoms with E-state index in [1.165, 1.54) is 6.42 Å². The van der Waals surface area contributed by atoms with Crippen molar-refractivity contribution in [3.63, 3.8) is 0 Å². The normalized spacial score (nSPS) is 13.8. The van der Waals surface area contributed by atoms with Gasteiger partial charge in [0.15, 0.2) is 0 Å². The molecule has 1 atom stereocenters. The fourth-order valence-corrected chi connectivity index (χ4v) is 0.822. The first-order chi connectivity index (χ1) is 5.66. The molecule has 0 aromatic carbocycles. The van der Waals surface area contributed by atoms with Crippen LogP contribution in [0.15, 0.2) is 0 Å². The second-order valence-electron chi connectivity index (χ2n) is 3.70. The van der Waals surface area contributed by atoms with Gasteiger partial charge in [0.1, 0.15) is 0 Å². The molecule has 2 nitrogen and oxygen atoms in total. The fourth-order valence-electron chi connectivity index (χ4n) is 0.822. The van der Waals surface area contributed by atoms with E-state index in [0.29, 0.717) is 12.0 Å². The third-order valence-electron chi connectivity index (χ3n) is 1.90. The van der Waals surface area contributed by atoms with Crippen LogP contribution >= 0.6 is 0 Å². The minimum atomic E-state index is 0.567. The van der Waals surface area contributed by atoms with E-state index in [9.17, 15) is 0 Å². The Morgan fingerprint density at radius 2 is 1.92 bits per heavy atom. The van der Waals surface area contributed by atoms with Gasteiger partial charge < -0.3 is 10.1 Å². The van der Waals surface area contributed by atoms with Crippen LogP contribution in [0.5, 0.6) is 0 Å². The smallest absolute Gasteiger partial charge is 0.0591 e. The summed E-state index contributed by atoms with van der Waals surface area (Å²) in [5.74, 6) is 0.698. The van der Waals surface area contributed by atoms with E-state index in [0.717, 1.165) is 19.8 Å². The Hall–Kier alpha value is -0.0800. The van der Waals surface area contributed by atoms with Crippen molar-refractivity contribution in [3.8, 4) is 0 Å². The highest BCUT2D eigenvalue weighted by Gasteiger charge is 1.97. The molecule has 0 rings (SSSR count). The Kier molecular flexibility index (Phi) is 7.51. The van der Waals surface area contributed by atoms with E-state index in [2.05, 4.69) is 33.0 Å². The minimum Gasteiger partial charge on any atom is -0.380 e. The Balaban J connectivity index is 3.00. The van der Waals surface area contributed by atoms with Gasteiger partial charge in [-0.15, -0.1) is 0 Å². The molecule has 0 spiro atoms. The molecule has 0 bridgehead atoms. The lowest BCUT2D eigenvalue weighted by molar-refractivity contribution is 0.104. The first kappa shape index (κ1) is 11.9. The lowest BCUT2D eigenvalue weighted by Crippen LogP contribution is -2.27. The molecule has 12 heavy (non-hydrogen) atoms. The molecule has 0 aliphatic carbocycles. The van der Waals surface area contributed by atoms with Gasteiger partial charge in [-0.1, -0.05) is 34.1 Å². The molecule has 0 aromatic rings. The van der Waals surface area contributed by atoms with E-state index in [1.54, 1.807) is 0 Å². The van der Waals surface area contributed by atoms with Crippen LogP contribution in [0, 0.1) is 5.92 Å². The number of rotatable bonds is 7. The highest BCUT2D eigenvalue weighted by atomic mass is 16.5. The number of ether oxygens (including phenoxy) is 1. The fraction of sp³-hybridized carbons (Fsp3) is 1.00. The van der Waals surface area contributed by atoms with Crippen LogP contribution < -0.4 is 5.32 Å². The molecule has 0 saturated carbocycles. The highest BCUT2D eigenvalue weighted by molar-refractivity contribution is 4.52. The maximum Gasteiger partial charge on any atom is 0.0591 e. The summed E-state index contributed by atoms with van der Waals surface area (Å²) in [5, 5.41) is 3.31. The first-order valence-electron chi connectivity index (χ1n) is 4.98. The summed E-state index contributed by atoms with van der Waals surface area (Å²) in [4.78, 5) is 0. The van der Waals surface area contributed by atoms with E-state index < -0.39 is 0 Å². The highest BCUT2D eigenvalue weighted by Crippen LogP contribution is 1.99. The minimum absolute atomic E-state index is 0.567. The van der Waals surface area contributed by atoms with Gasteiger partial charge >= 0.3 is 0 Å². The summed E-state index contributed by atoms with van der Waals surface area (Å²) in [6.45, 7) is 11.4. The van der Waals surface area contributed by atoms with Crippen LogP contribution in [0.4, 0.5) is 0 Å². The lowest BCUT2D eigenvalue weighted by atomic mass is 10.1. The summed E-state index contributed by atoms with van der Waals surface area (Å²) in [6, 6.07) is 0.567. The van der Waals surface area contributed by atoms with Gasteiger partial charge in [-0.2, -0.15) is 0 Å². The maximum atomic E-state index is 5.47. The second-order valence-corrected chi connectivity index (χ2v) is 3.70. The monoisotopic (exact) mass is 173 g/mol. The van der Waals surface area contributed by atoms with E-state index in [4.69, 9.17) is 4.74 Å². The number of nitrogens with one attached hydrogen (secondary N) is 1. The summed E-state index contributed by atoms with van der Waals surface area (Å²) in [5.41, 5.74) is 0. The molecule has 0 aromatic heterocycles. The summed E-state index contributed by atoms with van der Waals surface area (Å²) < 4.78 is 5.47. The van der Waals surface area contributed by atoms with Gasteiger partial charge in [0.25, 0.3) is 0 Å². The van der Waals surface area contributed by atoms with Crippen molar-refractivity contribution in [2.75, 3.05) is 19.8 Å². The molecule has 2 heteroatoms. The molecule has 1 unspecified atom stereocenters. The molecule has 74 valence electrons. The molecular formula is C10H23NO. The zero-order chi connectivity index (χ0) is 9.40. The Labute approximate surface area is 76.7 Å². The molecule has 0 aliphatic rings.